The summed E-state index contributed by atoms with van der Waals surface area (Å²) in [5.41, 5.74) is 2.72. The van der Waals surface area contributed by atoms with Crippen molar-refractivity contribution in [3.63, 3.8) is 0 Å². The third kappa shape index (κ3) is 4.49. The number of amides is 2. The first kappa shape index (κ1) is 24.6. The van der Waals surface area contributed by atoms with Crippen LogP contribution in [0.2, 0.25) is 0 Å². The fourth-order valence-electron chi connectivity index (χ4n) is 6.59. The van der Waals surface area contributed by atoms with Gasteiger partial charge in [-0.15, -0.1) is 11.3 Å². The molecule has 0 saturated heterocycles. The maximum atomic E-state index is 14.3. The summed E-state index contributed by atoms with van der Waals surface area (Å²) in [6.45, 7) is 10.9. The van der Waals surface area contributed by atoms with E-state index in [1.807, 2.05) is 21.9 Å². The second-order valence-electron chi connectivity index (χ2n) is 10.9. The summed E-state index contributed by atoms with van der Waals surface area (Å²) in [7, 11) is 0. The summed E-state index contributed by atoms with van der Waals surface area (Å²) < 4.78 is 0. The minimum absolute atomic E-state index is 0.0334. The molecule has 4 aliphatic rings. The Labute approximate surface area is 227 Å². The smallest absolute Gasteiger partial charge is 0.261 e. The molecule has 0 aromatic carbocycles. The highest BCUT2D eigenvalue weighted by atomic mass is 32.1. The highest BCUT2D eigenvalue weighted by Crippen LogP contribution is 2.50. The lowest BCUT2D eigenvalue weighted by atomic mass is 9.88. The van der Waals surface area contributed by atoms with Crippen molar-refractivity contribution in [1.82, 2.24) is 9.80 Å². The maximum absolute atomic E-state index is 14.3. The molecule has 0 bridgehead atoms. The zero-order valence-electron chi connectivity index (χ0n) is 21.4. The number of carbonyl (C=O) groups is 2. The van der Waals surface area contributed by atoms with Crippen LogP contribution in [-0.2, 0) is 9.59 Å². The van der Waals surface area contributed by atoms with Crippen molar-refractivity contribution in [3.8, 4) is 0 Å². The molecule has 0 N–H and O–H groups in total. The molecule has 0 radical (unpaired) electrons. The van der Waals surface area contributed by atoms with E-state index in [4.69, 9.17) is 6.57 Å². The first-order valence-electron chi connectivity index (χ1n) is 13.7. The number of rotatable bonds is 6. The van der Waals surface area contributed by atoms with Crippen LogP contribution in [0.1, 0.15) is 78.8 Å². The van der Waals surface area contributed by atoms with Gasteiger partial charge in [-0.25, -0.2) is 4.85 Å². The number of thiophene rings is 2. The molecule has 0 unspecified atom stereocenters. The van der Waals surface area contributed by atoms with E-state index in [1.54, 1.807) is 11.3 Å². The standard InChI is InChI=1S/C30H33N3O2S2/c1-19-13-14-22(36-19)27-25-26(30(35)32(27)17-20-9-5-3-6-10-20)28(23-15-16-24(31-2)37-23)33(29(25)34)18-21-11-7-4-8-12-21/h13-16,20-21H,3-12,17-18H2,1H3. The van der Waals surface area contributed by atoms with Gasteiger partial charge in [0, 0.05) is 22.8 Å². The monoisotopic (exact) mass is 531 g/mol. The average Bonchev–Trinajstić information content (AvgIpc) is 3.68. The van der Waals surface area contributed by atoms with Crippen molar-refractivity contribution in [2.24, 2.45) is 11.8 Å². The molecule has 2 fully saturated rings. The largest absolute Gasteiger partial charge is 0.306 e. The Bertz CT molecular complexity index is 1330. The molecule has 7 heteroatoms. The second-order valence-corrected chi connectivity index (χ2v) is 13.3. The van der Waals surface area contributed by atoms with E-state index in [2.05, 4.69) is 23.9 Å². The van der Waals surface area contributed by atoms with Crippen LogP contribution in [0.3, 0.4) is 0 Å². The Morgan fingerprint density at radius 1 is 0.757 bits per heavy atom. The van der Waals surface area contributed by atoms with Gasteiger partial charge < -0.3 is 9.80 Å². The van der Waals surface area contributed by atoms with Crippen LogP contribution >= 0.6 is 22.7 Å². The van der Waals surface area contributed by atoms with Gasteiger partial charge in [0.2, 0.25) is 5.00 Å². The molecular weight excluding hydrogens is 498 g/mol. The lowest BCUT2D eigenvalue weighted by Gasteiger charge is -2.31. The van der Waals surface area contributed by atoms with E-state index in [1.165, 1.54) is 54.7 Å². The van der Waals surface area contributed by atoms with E-state index in [0.29, 0.717) is 41.1 Å². The van der Waals surface area contributed by atoms with Crippen molar-refractivity contribution >= 4 is 50.9 Å². The number of hydrogen-bond acceptors (Lipinski definition) is 4. The predicted octanol–water partition coefficient (Wildman–Crippen LogP) is 7.64. The van der Waals surface area contributed by atoms with Crippen molar-refractivity contribution in [1.29, 1.82) is 0 Å². The molecule has 5 nitrogen and oxygen atoms in total. The first-order valence-corrected chi connectivity index (χ1v) is 15.4. The molecule has 192 valence electrons. The van der Waals surface area contributed by atoms with Gasteiger partial charge in [-0.2, -0.15) is 11.3 Å². The molecule has 37 heavy (non-hydrogen) atoms. The summed E-state index contributed by atoms with van der Waals surface area (Å²) >= 11 is 3.05. The molecule has 4 heterocycles. The molecule has 2 aliphatic heterocycles. The van der Waals surface area contributed by atoms with Crippen LogP contribution in [0.4, 0.5) is 5.00 Å². The molecule has 6 rings (SSSR count). The molecule has 2 aromatic rings. The Morgan fingerprint density at radius 3 is 1.68 bits per heavy atom. The van der Waals surface area contributed by atoms with E-state index in [9.17, 15) is 9.59 Å². The van der Waals surface area contributed by atoms with Crippen molar-refractivity contribution in [3.05, 3.63) is 61.5 Å². The number of aryl methyl sites for hydroxylation is 1. The van der Waals surface area contributed by atoms with Gasteiger partial charge in [-0.1, -0.05) is 44.6 Å². The number of fused-ring (bicyclic) bond motifs is 1. The van der Waals surface area contributed by atoms with Crippen LogP contribution in [0.25, 0.3) is 16.2 Å². The van der Waals surface area contributed by atoms with E-state index < -0.39 is 0 Å². The minimum Gasteiger partial charge on any atom is -0.306 e. The normalized spacial score (nSPS) is 21.4. The summed E-state index contributed by atoms with van der Waals surface area (Å²) in [5, 5.41) is 0.587. The lowest BCUT2D eigenvalue weighted by Crippen LogP contribution is -2.35. The molecular formula is C30H33N3O2S2. The van der Waals surface area contributed by atoms with Gasteiger partial charge in [0.1, 0.15) is 0 Å². The number of carbonyl (C=O) groups excluding carboxylic acids is 2. The SMILES string of the molecule is [C-]#[N+]c1ccc(C2=C3C(=O)N(CC4CCCCC4)C(c4ccc(C)s4)=C3C(=O)N2CC2CCCCC2)s1. The van der Waals surface area contributed by atoms with Crippen LogP contribution in [0.15, 0.2) is 35.4 Å². The van der Waals surface area contributed by atoms with Gasteiger partial charge in [-0.3, -0.25) is 9.59 Å². The van der Waals surface area contributed by atoms with Gasteiger partial charge in [0.15, 0.2) is 0 Å². The molecule has 2 saturated carbocycles. The summed E-state index contributed by atoms with van der Waals surface area (Å²) in [5.74, 6) is 0.859. The summed E-state index contributed by atoms with van der Waals surface area (Å²) in [6.07, 6.45) is 11.9. The summed E-state index contributed by atoms with van der Waals surface area (Å²) in [6, 6.07) is 7.90. The predicted molar refractivity (Wildman–Crippen MR) is 150 cm³/mol. The third-order valence-corrected chi connectivity index (χ3v) is 10.4. The maximum Gasteiger partial charge on any atom is 0.261 e. The zero-order chi connectivity index (χ0) is 25.5. The number of nitrogens with zero attached hydrogens (tertiary/aromatic N) is 3. The van der Waals surface area contributed by atoms with Gasteiger partial charge in [0.05, 0.1) is 34.0 Å². The highest BCUT2D eigenvalue weighted by Gasteiger charge is 2.50. The highest BCUT2D eigenvalue weighted by molar-refractivity contribution is 7.17. The molecule has 2 aliphatic carbocycles. The zero-order valence-corrected chi connectivity index (χ0v) is 23.1. The fourth-order valence-corrected chi connectivity index (χ4v) is 8.37. The second kappa shape index (κ2) is 10.2. The minimum atomic E-state index is -0.0334. The van der Waals surface area contributed by atoms with Crippen LogP contribution in [-0.4, -0.2) is 34.7 Å². The van der Waals surface area contributed by atoms with Crippen molar-refractivity contribution < 1.29 is 9.59 Å². The fraction of sp³-hybridized carbons (Fsp3) is 0.500. The summed E-state index contributed by atoms with van der Waals surface area (Å²) in [4.78, 5) is 39.1. The van der Waals surface area contributed by atoms with Crippen molar-refractivity contribution in [2.75, 3.05) is 13.1 Å². The topological polar surface area (TPSA) is 45.0 Å². The molecule has 2 amide bonds. The Kier molecular flexibility index (Phi) is 6.81. The van der Waals surface area contributed by atoms with Crippen molar-refractivity contribution in [2.45, 2.75) is 71.1 Å². The van der Waals surface area contributed by atoms with E-state index in [0.717, 1.165) is 46.8 Å². The number of hydrogen-bond donors (Lipinski definition) is 0. The van der Waals surface area contributed by atoms with E-state index in [-0.39, 0.29) is 11.8 Å². The molecule has 2 aromatic heterocycles. The Morgan fingerprint density at radius 2 is 1.24 bits per heavy atom. The Balaban J connectivity index is 1.49. The molecule has 0 atom stereocenters. The van der Waals surface area contributed by atoms with E-state index >= 15 is 0 Å². The Hall–Kier alpha value is -2.69. The lowest BCUT2D eigenvalue weighted by molar-refractivity contribution is -0.124. The van der Waals surface area contributed by atoms with Gasteiger partial charge in [-0.05, 0) is 62.6 Å². The first-order chi connectivity index (χ1) is 18.0. The molecule has 0 spiro atoms. The van der Waals surface area contributed by atoms with Crippen LogP contribution in [0, 0.1) is 25.3 Å². The van der Waals surface area contributed by atoms with Crippen LogP contribution < -0.4 is 0 Å². The van der Waals surface area contributed by atoms with Gasteiger partial charge >= 0.3 is 0 Å². The van der Waals surface area contributed by atoms with Crippen LogP contribution in [0.5, 0.6) is 0 Å². The third-order valence-electron chi connectivity index (χ3n) is 8.42. The van der Waals surface area contributed by atoms with Gasteiger partial charge in [0.25, 0.3) is 11.8 Å². The average molecular weight is 532 g/mol. The quantitative estimate of drug-likeness (QED) is 0.360.